The van der Waals surface area contributed by atoms with E-state index in [0.29, 0.717) is 12.1 Å². The van der Waals surface area contributed by atoms with Crippen molar-refractivity contribution in [2.24, 2.45) is 7.05 Å². The molecule has 4 heterocycles. The summed E-state index contributed by atoms with van der Waals surface area (Å²) in [6.07, 6.45) is 6.14. The Morgan fingerprint density at radius 3 is 2.83 bits per heavy atom. The highest BCUT2D eigenvalue weighted by atomic mass is 16.3. The molecule has 0 saturated carbocycles. The van der Waals surface area contributed by atoms with Crippen molar-refractivity contribution in [1.82, 2.24) is 24.6 Å². The summed E-state index contributed by atoms with van der Waals surface area (Å²) < 4.78 is 7.72. The van der Waals surface area contributed by atoms with Gasteiger partial charge in [0.15, 0.2) is 0 Å². The second-order valence-electron chi connectivity index (χ2n) is 8.25. The molecule has 0 aliphatic carbocycles. The highest BCUT2D eigenvalue weighted by Gasteiger charge is 2.30. The number of para-hydroxylation sites is 1. The van der Waals surface area contributed by atoms with Crippen molar-refractivity contribution in [2.45, 2.75) is 38.1 Å². The highest BCUT2D eigenvalue weighted by molar-refractivity contribution is 6.05. The molecule has 7 nitrogen and oxygen atoms in total. The number of aromatic nitrogens is 3. The number of piperidine rings is 1. The smallest absolute Gasteiger partial charge is 0.257 e. The topological polar surface area (TPSA) is 67.4 Å². The summed E-state index contributed by atoms with van der Waals surface area (Å²) in [7, 11) is 2.06. The number of benzene rings is 1. The number of carbonyl (C=O) groups is 1. The van der Waals surface area contributed by atoms with Crippen molar-refractivity contribution in [1.29, 1.82) is 0 Å². The average molecular weight is 393 g/mol. The molecular formula is C22H27N5O2. The Labute approximate surface area is 170 Å². The lowest BCUT2D eigenvalue weighted by molar-refractivity contribution is 0.0704. The van der Waals surface area contributed by atoms with E-state index in [1.807, 2.05) is 29.2 Å². The number of hydrogen-bond donors (Lipinski definition) is 0. The first-order valence-corrected chi connectivity index (χ1v) is 10.6. The summed E-state index contributed by atoms with van der Waals surface area (Å²) >= 11 is 0. The van der Waals surface area contributed by atoms with Gasteiger partial charge in [-0.15, -0.1) is 10.2 Å². The quantitative estimate of drug-likeness (QED) is 0.681. The van der Waals surface area contributed by atoms with Crippen molar-refractivity contribution in [2.75, 3.05) is 26.2 Å². The first-order chi connectivity index (χ1) is 14.2. The van der Waals surface area contributed by atoms with Gasteiger partial charge in [-0.3, -0.25) is 9.69 Å². The fourth-order valence-corrected chi connectivity index (χ4v) is 4.70. The Balaban J connectivity index is 1.33. The summed E-state index contributed by atoms with van der Waals surface area (Å²) in [6, 6.07) is 7.70. The number of nitrogens with zero attached hydrogens (tertiary/aromatic N) is 5. The van der Waals surface area contributed by atoms with Crippen molar-refractivity contribution in [3.05, 3.63) is 47.7 Å². The van der Waals surface area contributed by atoms with Gasteiger partial charge in [-0.25, -0.2) is 0 Å². The second kappa shape index (κ2) is 7.63. The molecule has 2 aliphatic rings. The molecule has 1 atom stereocenters. The number of fused-ring (bicyclic) bond motifs is 1. The van der Waals surface area contributed by atoms with E-state index < -0.39 is 0 Å². The van der Waals surface area contributed by atoms with Crippen LogP contribution in [0.25, 0.3) is 11.0 Å². The predicted octanol–water partition coefficient (Wildman–Crippen LogP) is 3.18. The number of carbonyl (C=O) groups excluding carboxylic acids is 1. The Morgan fingerprint density at radius 2 is 1.97 bits per heavy atom. The molecule has 2 saturated heterocycles. The van der Waals surface area contributed by atoms with Gasteiger partial charge in [0.25, 0.3) is 5.91 Å². The molecule has 2 fully saturated rings. The molecule has 0 unspecified atom stereocenters. The molecule has 0 radical (unpaired) electrons. The zero-order valence-corrected chi connectivity index (χ0v) is 16.9. The summed E-state index contributed by atoms with van der Waals surface area (Å²) in [5.41, 5.74) is 1.40. The monoisotopic (exact) mass is 393 g/mol. The number of likely N-dealkylation sites (tertiary alicyclic amines) is 2. The van der Waals surface area contributed by atoms with Gasteiger partial charge in [-0.2, -0.15) is 0 Å². The minimum absolute atomic E-state index is 0.0408. The van der Waals surface area contributed by atoms with Crippen LogP contribution in [0.15, 0.2) is 34.9 Å². The SMILES string of the molecule is Cn1c(CN2CCCC2)nnc1[C@@H]1CCCN(C(=O)c2coc3ccccc23)C1. The van der Waals surface area contributed by atoms with E-state index in [-0.39, 0.29) is 11.8 Å². The number of hydrogen-bond acceptors (Lipinski definition) is 5. The Morgan fingerprint density at radius 1 is 1.14 bits per heavy atom. The van der Waals surface area contributed by atoms with Crippen LogP contribution in [0.3, 0.4) is 0 Å². The maximum atomic E-state index is 13.2. The number of amides is 1. The van der Waals surface area contributed by atoms with Crippen LogP contribution in [0.2, 0.25) is 0 Å². The van der Waals surface area contributed by atoms with Crippen LogP contribution in [-0.2, 0) is 13.6 Å². The molecular weight excluding hydrogens is 366 g/mol. The fourth-order valence-electron chi connectivity index (χ4n) is 4.70. The van der Waals surface area contributed by atoms with Gasteiger partial charge in [0.2, 0.25) is 0 Å². The molecule has 0 bridgehead atoms. The molecule has 1 amide bonds. The summed E-state index contributed by atoms with van der Waals surface area (Å²) in [5.74, 6) is 2.27. The molecule has 2 aromatic heterocycles. The van der Waals surface area contributed by atoms with Gasteiger partial charge in [0, 0.05) is 31.4 Å². The van der Waals surface area contributed by atoms with Crippen LogP contribution in [0.4, 0.5) is 0 Å². The van der Waals surface area contributed by atoms with Gasteiger partial charge in [-0.05, 0) is 44.8 Å². The normalized spacial score (nSPS) is 20.6. The molecule has 1 aromatic carbocycles. The van der Waals surface area contributed by atoms with Crippen molar-refractivity contribution in [3.8, 4) is 0 Å². The van der Waals surface area contributed by atoms with Crippen LogP contribution in [-0.4, -0.2) is 56.7 Å². The number of rotatable bonds is 4. The van der Waals surface area contributed by atoms with Gasteiger partial charge in [-0.1, -0.05) is 18.2 Å². The van der Waals surface area contributed by atoms with Crippen LogP contribution >= 0.6 is 0 Å². The van der Waals surface area contributed by atoms with Gasteiger partial charge >= 0.3 is 0 Å². The molecule has 3 aromatic rings. The predicted molar refractivity (Wildman–Crippen MR) is 110 cm³/mol. The molecule has 2 aliphatic heterocycles. The van der Waals surface area contributed by atoms with E-state index in [0.717, 1.165) is 61.6 Å². The van der Waals surface area contributed by atoms with Crippen LogP contribution < -0.4 is 0 Å². The van der Waals surface area contributed by atoms with Crippen molar-refractivity contribution >= 4 is 16.9 Å². The van der Waals surface area contributed by atoms with Gasteiger partial charge < -0.3 is 13.9 Å². The summed E-state index contributed by atoms with van der Waals surface area (Å²) in [5, 5.41) is 9.87. The molecule has 152 valence electrons. The molecule has 0 N–H and O–H groups in total. The average Bonchev–Trinajstić information content (AvgIpc) is 3.49. The summed E-state index contributed by atoms with van der Waals surface area (Å²) in [4.78, 5) is 17.6. The third-order valence-electron chi connectivity index (χ3n) is 6.35. The Hall–Kier alpha value is -2.67. The zero-order chi connectivity index (χ0) is 19.8. The number of furan rings is 1. The van der Waals surface area contributed by atoms with Crippen molar-refractivity contribution < 1.29 is 9.21 Å². The lowest BCUT2D eigenvalue weighted by Gasteiger charge is -2.32. The molecule has 5 rings (SSSR count). The van der Waals surface area contributed by atoms with Gasteiger partial charge in [0.05, 0.1) is 12.1 Å². The highest BCUT2D eigenvalue weighted by Crippen LogP contribution is 2.29. The minimum Gasteiger partial charge on any atom is -0.463 e. The largest absolute Gasteiger partial charge is 0.463 e. The maximum Gasteiger partial charge on any atom is 0.257 e. The van der Waals surface area contributed by atoms with Crippen LogP contribution in [0.5, 0.6) is 0 Å². The molecule has 29 heavy (non-hydrogen) atoms. The zero-order valence-electron chi connectivity index (χ0n) is 16.9. The van der Waals surface area contributed by atoms with E-state index in [9.17, 15) is 4.79 Å². The first-order valence-electron chi connectivity index (χ1n) is 10.6. The lowest BCUT2D eigenvalue weighted by atomic mass is 9.96. The third kappa shape index (κ3) is 3.44. The van der Waals surface area contributed by atoms with Crippen molar-refractivity contribution in [3.63, 3.8) is 0 Å². The Bertz CT molecular complexity index is 1020. The summed E-state index contributed by atoms with van der Waals surface area (Å²) in [6.45, 7) is 4.60. The maximum absolute atomic E-state index is 13.2. The third-order valence-corrected chi connectivity index (χ3v) is 6.35. The van der Waals surface area contributed by atoms with E-state index >= 15 is 0 Å². The standard InChI is InChI=1S/C22H27N5O2/c1-25-20(14-26-10-4-5-11-26)23-24-21(25)16-7-6-12-27(13-16)22(28)18-15-29-19-9-3-2-8-17(18)19/h2-3,8-9,15-16H,4-7,10-14H2,1H3/t16-/m1/s1. The molecule has 0 spiro atoms. The van der Waals surface area contributed by atoms with Gasteiger partial charge in [0.1, 0.15) is 23.5 Å². The molecule has 7 heteroatoms. The first kappa shape index (κ1) is 18.4. The van der Waals surface area contributed by atoms with E-state index in [1.165, 1.54) is 12.8 Å². The van der Waals surface area contributed by atoms with Crippen LogP contribution in [0.1, 0.15) is 53.6 Å². The fraction of sp³-hybridized carbons (Fsp3) is 0.500. The van der Waals surface area contributed by atoms with Crippen LogP contribution in [0, 0.1) is 0 Å². The van der Waals surface area contributed by atoms with E-state index in [2.05, 4.69) is 26.7 Å². The minimum atomic E-state index is 0.0408. The lowest BCUT2D eigenvalue weighted by Crippen LogP contribution is -2.39. The Kier molecular flexibility index (Phi) is 4.83. The second-order valence-corrected chi connectivity index (χ2v) is 8.25. The van der Waals surface area contributed by atoms with E-state index in [1.54, 1.807) is 6.26 Å². The van der Waals surface area contributed by atoms with E-state index in [4.69, 9.17) is 4.42 Å².